The number of fused-ring (bicyclic) bond motifs is 1. The number of carbonyl (C=O) groups is 2. The lowest BCUT2D eigenvalue weighted by Gasteiger charge is -2.09. The first-order valence-corrected chi connectivity index (χ1v) is 8.67. The van der Waals surface area contributed by atoms with E-state index in [0.29, 0.717) is 29.8 Å². The maximum absolute atomic E-state index is 13.0. The van der Waals surface area contributed by atoms with Gasteiger partial charge in [0.05, 0.1) is 5.57 Å². The quantitative estimate of drug-likeness (QED) is 0.685. The van der Waals surface area contributed by atoms with E-state index in [1.165, 1.54) is 19.2 Å². The van der Waals surface area contributed by atoms with E-state index in [1.54, 1.807) is 18.3 Å². The topological polar surface area (TPSA) is 65.2 Å². The van der Waals surface area contributed by atoms with Crippen LogP contribution in [0.1, 0.15) is 11.1 Å². The van der Waals surface area contributed by atoms with Gasteiger partial charge >= 0.3 is 0 Å². The van der Waals surface area contributed by atoms with Crippen LogP contribution in [0, 0.1) is 5.82 Å². The SMILES string of the molecule is CN1C(=O)C(NCCc2ccc(F)cc2)=C(c2c[nH]c3ccccc23)C1=O. The number of nitrogens with one attached hydrogen (secondary N) is 2. The van der Waals surface area contributed by atoms with Crippen molar-refractivity contribution in [2.24, 2.45) is 0 Å². The van der Waals surface area contributed by atoms with Gasteiger partial charge in [-0.15, -0.1) is 0 Å². The number of aromatic amines is 1. The molecule has 5 nitrogen and oxygen atoms in total. The molecular weight excluding hydrogens is 345 g/mol. The van der Waals surface area contributed by atoms with Gasteiger partial charge < -0.3 is 10.3 Å². The number of imide groups is 1. The van der Waals surface area contributed by atoms with Gasteiger partial charge in [-0.05, 0) is 30.2 Å². The molecule has 0 fully saturated rings. The van der Waals surface area contributed by atoms with Crippen molar-refractivity contribution < 1.29 is 14.0 Å². The Morgan fingerprint density at radius 3 is 2.56 bits per heavy atom. The standard InChI is InChI=1S/C21H18FN3O2/c1-25-20(26)18(16-12-24-17-5-3-2-4-15(16)17)19(21(25)27)23-11-10-13-6-8-14(22)9-7-13/h2-9,12,23-24H,10-11H2,1H3. The molecule has 2 N–H and O–H groups in total. The number of amides is 2. The average molecular weight is 363 g/mol. The molecule has 0 bridgehead atoms. The van der Waals surface area contributed by atoms with Crippen LogP contribution in [0.2, 0.25) is 0 Å². The van der Waals surface area contributed by atoms with Crippen LogP contribution in [0.5, 0.6) is 0 Å². The van der Waals surface area contributed by atoms with Crippen molar-refractivity contribution >= 4 is 28.3 Å². The fourth-order valence-electron chi connectivity index (χ4n) is 3.32. The zero-order chi connectivity index (χ0) is 19.0. The third kappa shape index (κ3) is 2.99. The molecule has 2 aromatic carbocycles. The van der Waals surface area contributed by atoms with Crippen molar-refractivity contribution in [1.82, 2.24) is 15.2 Å². The maximum atomic E-state index is 13.0. The minimum Gasteiger partial charge on any atom is -0.380 e. The minimum atomic E-state index is -0.348. The largest absolute Gasteiger partial charge is 0.380 e. The summed E-state index contributed by atoms with van der Waals surface area (Å²) >= 11 is 0. The van der Waals surface area contributed by atoms with E-state index in [9.17, 15) is 14.0 Å². The third-order valence-electron chi connectivity index (χ3n) is 4.77. The van der Waals surface area contributed by atoms with E-state index >= 15 is 0 Å². The van der Waals surface area contributed by atoms with Gasteiger partial charge in [0, 0.05) is 36.3 Å². The molecule has 27 heavy (non-hydrogen) atoms. The molecule has 2 amide bonds. The van der Waals surface area contributed by atoms with E-state index in [0.717, 1.165) is 21.4 Å². The van der Waals surface area contributed by atoms with Crippen molar-refractivity contribution in [1.29, 1.82) is 0 Å². The summed E-state index contributed by atoms with van der Waals surface area (Å²) < 4.78 is 13.0. The second-order valence-electron chi connectivity index (χ2n) is 6.47. The molecule has 1 aliphatic rings. The van der Waals surface area contributed by atoms with Gasteiger partial charge in [-0.1, -0.05) is 30.3 Å². The van der Waals surface area contributed by atoms with Crippen LogP contribution in [-0.4, -0.2) is 35.3 Å². The molecule has 136 valence electrons. The van der Waals surface area contributed by atoms with E-state index in [4.69, 9.17) is 0 Å². The second-order valence-corrected chi connectivity index (χ2v) is 6.47. The summed E-state index contributed by atoms with van der Waals surface area (Å²) in [5, 5.41) is 4.01. The highest BCUT2D eigenvalue weighted by atomic mass is 19.1. The van der Waals surface area contributed by atoms with Crippen LogP contribution in [0.25, 0.3) is 16.5 Å². The molecule has 2 heterocycles. The Morgan fingerprint density at radius 2 is 1.78 bits per heavy atom. The van der Waals surface area contributed by atoms with Gasteiger partial charge in [-0.3, -0.25) is 14.5 Å². The molecule has 0 unspecified atom stereocenters. The third-order valence-corrected chi connectivity index (χ3v) is 4.77. The van der Waals surface area contributed by atoms with Gasteiger partial charge in [0.25, 0.3) is 11.8 Å². The number of aromatic nitrogens is 1. The zero-order valence-corrected chi connectivity index (χ0v) is 14.8. The number of rotatable bonds is 5. The molecule has 6 heteroatoms. The number of benzene rings is 2. The highest BCUT2D eigenvalue weighted by Crippen LogP contribution is 2.32. The first-order valence-electron chi connectivity index (χ1n) is 8.67. The number of likely N-dealkylation sites (N-methyl/N-ethyl adjacent to an activating group) is 1. The Labute approximate surface area is 155 Å². The number of halogens is 1. The Balaban J connectivity index is 1.65. The normalized spacial score (nSPS) is 14.5. The summed E-state index contributed by atoms with van der Waals surface area (Å²) in [7, 11) is 1.48. The number of nitrogens with zero attached hydrogens (tertiary/aromatic N) is 1. The molecule has 0 saturated carbocycles. The summed E-state index contributed by atoms with van der Waals surface area (Å²) in [6.45, 7) is 0.458. The van der Waals surface area contributed by atoms with E-state index in [1.807, 2.05) is 24.3 Å². The summed E-state index contributed by atoms with van der Waals surface area (Å²) in [5.41, 5.74) is 3.23. The van der Waals surface area contributed by atoms with Crippen LogP contribution in [0.3, 0.4) is 0 Å². The average Bonchev–Trinajstić information content (AvgIpc) is 3.19. The predicted molar refractivity (Wildman–Crippen MR) is 101 cm³/mol. The minimum absolute atomic E-state index is 0.283. The highest BCUT2D eigenvalue weighted by Gasteiger charge is 2.37. The predicted octanol–water partition coefficient (Wildman–Crippen LogP) is 2.85. The molecule has 1 aromatic heterocycles. The number of hydrogen-bond donors (Lipinski definition) is 2. The smallest absolute Gasteiger partial charge is 0.277 e. The Kier molecular flexibility index (Phi) is 4.24. The van der Waals surface area contributed by atoms with Crippen LogP contribution in [-0.2, 0) is 16.0 Å². The molecule has 3 aromatic rings. The van der Waals surface area contributed by atoms with Crippen LogP contribution >= 0.6 is 0 Å². The van der Waals surface area contributed by atoms with Crippen molar-refractivity contribution in [2.45, 2.75) is 6.42 Å². The maximum Gasteiger partial charge on any atom is 0.277 e. The molecule has 0 atom stereocenters. The number of para-hydroxylation sites is 1. The van der Waals surface area contributed by atoms with Crippen LogP contribution < -0.4 is 5.32 Å². The van der Waals surface area contributed by atoms with Crippen molar-refractivity contribution in [3.63, 3.8) is 0 Å². The summed E-state index contributed by atoms with van der Waals surface area (Å²) in [4.78, 5) is 29.5. The fraction of sp³-hybridized carbons (Fsp3) is 0.143. The molecule has 4 rings (SSSR count). The summed E-state index contributed by atoms with van der Waals surface area (Å²) in [6, 6.07) is 13.9. The number of H-pyrrole nitrogens is 1. The van der Waals surface area contributed by atoms with Gasteiger partial charge in [-0.2, -0.15) is 0 Å². The molecule has 0 spiro atoms. The number of carbonyl (C=O) groups excluding carboxylic acids is 2. The van der Waals surface area contributed by atoms with Crippen LogP contribution in [0.4, 0.5) is 4.39 Å². The first-order chi connectivity index (χ1) is 13.1. The van der Waals surface area contributed by atoms with Gasteiger partial charge in [0.15, 0.2) is 0 Å². The molecule has 0 aliphatic carbocycles. The number of hydrogen-bond acceptors (Lipinski definition) is 3. The summed E-state index contributed by atoms with van der Waals surface area (Å²) in [5.74, 6) is -0.956. The van der Waals surface area contributed by atoms with Gasteiger partial charge in [0.1, 0.15) is 11.5 Å². The molecule has 0 saturated heterocycles. The lowest BCUT2D eigenvalue weighted by atomic mass is 10.0. The van der Waals surface area contributed by atoms with Crippen molar-refractivity contribution in [2.75, 3.05) is 13.6 Å². The van der Waals surface area contributed by atoms with Gasteiger partial charge in [-0.25, -0.2) is 4.39 Å². The van der Waals surface area contributed by atoms with E-state index in [2.05, 4.69) is 10.3 Å². The van der Waals surface area contributed by atoms with Gasteiger partial charge in [0.2, 0.25) is 0 Å². The first kappa shape index (κ1) is 17.0. The van der Waals surface area contributed by atoms with E-state index < -0.39 is 0 Å². The Bertz CT molecular complexity index is 1070. The second kappa shape index (κ2) is 6.72. The highest BCUT2D eigenvalue weighted by molar-refractivity contribution is 6.36. The Hall–Kier alpha value is -3.41. The monoisotopic (exact) mass is 363 g/mol. The van der Waals surface area contributed by atoms with Crippen LogP contribution in [0.15, 0.2) is 60.4 Å². The lowest BCUT2D eigenvalue weighted by molar-refractivity contribution is -0.135. The fourth-order valence-corrected chi connectivity index (χ4v) is 3.32. The van der Waals surface area contributed by atoms with Crippen molar-refractivity contribution in [3.05, 3.63) is 77.4 Å². The van der Waals surface area contributed by atoms with E-state index in [-0.39, 0.29) is 17.6 Å². The zero-order valence-electron chi connectivity index (χ0n) is 14.8. The summed E-state index contributed by atoms with van der Waals surface area (Å²) in [6.07, 6.45) is 2.36. The lowest BCUT2D eigenvalue weighted by Crippen LogP contribution is -2.30. The molecule has 1 aliphatic heterocycles. The Morgan fingerprint density at radius 1 is 1.04 bits per heavy atom. The van der Waals surface area contributed by atoms with Crippen molar-refractivity contribution in [3.8, 4) is 0 Å². The molecular formula is C21H18FN3O2. The molecule has 0 radical (unpaired) electrons.